The normalized spacial score (nSPS) is 11.1. The predicted octanol–water partition coefficient (Wildman–Crippen LogP) is 5.21. The smallest absolute Gasteiger partial charge is 0.248 e. The van der Waals surface area contributed by atoms with Crippen LogP contribution in [0.1, 0.15) is 10.4 Å². The molecule has 0 aliphatic heterocycles. The number of anilines is 1. The number of hydrogen-bond acceptors (Lipinski definition) is 6. The van der Waals surface area contributed by atoms with Crippen molar-refractivity contribution in [3.05, 3.63) is 82.2 Å². The highest BCUT2D eigenvalue weighted by Gasteiger charge is 2.18. The Bertz CT molecular complexity index is 1620. The van der Waals surface area contributed by atoms with Gasteiger partial charge in [-0.2, -0.15) is 4.98 Å². The topological polar surface area (TPSA) is 116 Å². The first-order chi connectivity index (χ1) is 16.9. The summed E-state index contributed by atoms with van der Waals surface area (Å²) in [5.74, 6) is -0.711. The maximum atomic E-state index is 12.8. The van der Waals surface area contributed by atoms with Crippen LogP contribution >= 0.6 is 39.3 Å². The monoisotopic (exact) mass is 566 g/mol. The number of primary amides is 1. The third kappa shape index (κ3) is 4.72. The van der Waals surface area contributed by atoms with Crippen LogP contribution in [0, 0.1) is 0 Å². The van der Waals surface area contributed by atoms with Gasteiger partial charge in [0.15, 0.2) is 10.8 Å². The average Bonchev–Trinajstić information content (AvgIpc) is 3.20. The number of benzene rings is 3. The first-order valence-corrected chi connectivity index (χ1v) is 12.5. The molecule has 0 fully saturated rings. The minimum absolute atomic E-state index is 0.0826. The van der Waals surface area contributed by atoms with E-state index in [0.29, 0.717) is 32.0 Å². The van der Waals surface area contributed by atoms with Gasteiger partial charge < -0.3 is 11.1 Å². The second-order valence-electron chi connectivity index (χ2n) is 7.47. The first-order valence-electron chi connectivity index (χ1n) is 10.3. The van der Waals surface area contributed by atoms with Crippen LogP contribution in [0.5, 0.6) is 0 Å². The van der Waals surface area contributed by atoms with E-state index in [1.165, 1.54) is 11.8 Å². The molecule has 2 amide bonds. The van der Waals surface area contributed by atoms with E-state index in [4.69, 9.17) is 17.3 Å². The van der Waals surface area contributed by atoms with Crippen LogP contribution in [0.15, 0.2) is 76.5 Å². The van der Waals surface area contributed by atoms with E-state index in [-0.39, 0.29) is 16.9 Å². The number of amides is 2. The van der Waals surface area contributed by atoms with Gasteiger partial charge in [-0.3, -0.25) is 14.2 Å². The summed E-state index contributed by atoms with van der Waals surface area (Å²) in [6, 6.07) is 18.7. The molecule has 2 heterocycles. The summed E-state index contributed by atoms with van der Waals surface area (Å²) in [6.07, 6.45) is 1.56. The lowest BCUT2D eigenvalue weighted by atomic mass is 10.1. The maximum absolute atomic E-state index is 12.8. The molecule has 0 spiro atoms. The Balaban J connectivity index is 1.47. The summed E-state index contributed by atoms with van der Waals surface area (Å²) in [4.78, 5) is 37.2. The lowest BCUT2D eigenvalue weighted by molar-refractivity contribution is -0.113. The van der Waals surface area contributed by atoms with Gasteiger partial charge >= 0.3 is 0 Å². The maximum Gasteiger partial charge on any atom is 0.248 e. The Morgan fingerprint density at radius 1 is 1.09 bits per heavy atom. The van der Waals surface area contributed by atoms with Gasteiger partial charge in [-0.25, -0.2) is 9.97 Å². The van der Waals surface area contributed by atoms with Crippen molar-refractivity contribution in [1.29, 1.82) is 0 Å². The van der Waals surface area contributed by atoms with Crippen LogP contribution in [0.3, 0.4) is 0 Å². The standard InChI is InChI=1S/C24H16BrClN6O2S/c25-16-10-14(21(27)34)8-9-17(16)29-20(33)12-35-24-30-18-11-28-23(26)31-22(18)32(24)19-7-3-5-13-4-1-2-6-15(13)19/h1-11H,12H2,(H2,27,34)(H,29,33). The van der Waals surface area contributed by atoms with Crippen LogP contribution in [0.25, 0.3) is 27.6 Å². The molecular weight excluding hydrogens is 552 g/mol. The number of nitrogens with two attached hydrogens (primary N) is 1. The number of hydrogen-bond donors (Lipinski definition) is 2. The third-order valence-electron chi connectivity index (χ3n) is 5.21. The number of fused-ring (bicyclic) bond motifs is 2. The van der Waals surface area contributed by atoms with Crippen molar-refractivity contribution in [3.63, 3.8) is 0 Å². The highest BCUT2D eigenvalue weighted by Crippen LogP contribution is 2.32. The molecule has 0 saturated carbocycles. The van der Waals surface area contributed by atoms with E-state index in [2.05, 4.69) is 36.2 Å². The van der Waals surface area contributed by atoms with E-state index >= 15 is 0 Å². The summed E-state index contributed by atoms with van der Waals surface area (Å²) in [7, 11) is 0. The van der Waals surface area contributed by atoms with Crippen molar-refractivity contribution in [1.82, 2.24) is 19.5 Å². The summed E-state index contributed by atoms with van der Waals surface area (Å²) >= 11 is 10.7. The molecule has 5 rings (SSSR count). The van der Waals surface area contributed by atoms with Gasteiger partial charge in [0.25, 0.3) is 0 Å². The number of carbonyl (C=O) groups excluding carboxylic acids is 2. The lowest BCUT2D eigenvalue weighted by Crippen LogP contribution is -2.16. The summed E-state index contributed by atoms with van der Waals surface area (Å²) in [5.41, 5.74) is 8.16. The van der Waals surface area contributed by atoms with E-state index < -0.39 is 5.91 Å². The molecule has 0 bridgehead atoms. The lowest BCUT2D eigenvalue weighted by Gasteiger charge is -2.12. The molecule has 3 N–H and O–H groups in total. The van der Waals surface area contributed by atoms with Crippen molar-refractivity contribution < 1.29 is 9.59 Å². The Kier molecular flexibility index (Phi) is 6.42. The van der Waals surface area contributed by atoms with Gasteiger partial charge in [-0.1, -0.05) is 48.2 Å². The van der Waals surface area contributed by atoms with Gasteiger partial charge in [0.2, 0.25) is 17.1 Å². The SMILES string of the molecule is NC(=O)c1ccc(NC(=O)CSc2nc3cnc(Cl)nc3n2-c2cccc3ccccc23)c(Br)c1. The molecule has 0 aliphatic carbocycles. The van der Waals surface area contributed by atoms with Crippen molar-refractivity contribution in [2.45, 2.75) is 5.16 Å². The molecule has 35 heavy (non-hydrogen) atoms. The van der Waals surface area contributed by atoms with Crippen LogP contribution in [-0.2, 0) is 4.79 Å². The Labute approximate surface area is 217 Å². The number of aromatic nitrogens is 4. The minimum atomic E-state index is -0.547. The van der Waals surface area contributed by atoms with Gasteiger partial charge in [0.1, 0.15) is 5.52 Å². The number of carbonyl (C=O) groups is 2. The molecule has 0 aliphatic rings. The van der Waals surface area contributed by atoms with E-state index in [1.807, 2.05) is 47.0 Å². The predicted molar refractivity (Wildman–Crippen MR) is 141 cm³/mol. The zero-order valence-corrected chi connectivity index (χ0v) is 21.1. The highest BCUT2D eigenvalue weighted by molar-refractivity contribution is 9.10. The quantitative estimate of drug-likeness (QED) is 0.215. The van der Waals surface area contributed by atoms with Crippen LogP contribution in [0.2, 0.25) is 5.28 Å². The Hall–Kier alpha value is -3.47. The number of halogens is 2. The molecule has 11 heteroatoms. The van der Waals surface area contributed by atoms with Gasteiger partial charge in [0.05, 0.1) is 23.3 Å². The number of thioether (sulfide) groups is 1. The molecule has 0 unspecified atom stereocenters. The average molecular weight is 568 g/mol. The van der Waals surface area contributed by atoms with Crippen LogP contribution in [-0.4, -0.2) is 37.1 Å². The molecule has 5 aromatic rings. The second-order valence-corrected chi connectivity index (χ2v) is 9.61. The van der Waals surface area contributed by atoms with Crippen molar-refractivity contribution in [2.75, 3.05) is 11.1 Å². The fourth-order valence-corrected chi connectivity index (χ4v) is 5.05. The molecule has 0 atom stereocenters. The minimum Gasteiger partial charge on any atom is -0.366 e. The van der Waals surface area contributed by atoms with Crippen LogP contribution < -0.4 is 11.1 Å². The van der Waals surface area contributed by atoms with E-state index in [9.17, 15) is 9.59 Å². The molecule has 2 aromatic heterocycles. The van der Waals surface area contributed by atoms with Gasteiger partial charge in [0, 0.05) is 15.4 Å². The number of nitrogens with one attached hydrogen (secondary N) is 1. The van der Waals surface area contributed by atoms with Gasteiger partial charge in [-0.05, 0) is 57.2 Å². The summed E-state index contributed by atoms with van der Waals surface area (Å²) in [6.45, 7) is 0. The van der Waals surface area contributed by atoms with Gasteiger partial charge in [-0.15, -0.1) is 0 Å². The Morgan fingerprint density at radius 2 is 1.89 bits per heavy atom. The molecule has 3 aromatic carbocycles. The molecule has 8 nitrogen and oxygen atoms in total. The van der Waals surface area contributed by atoms with E-state index in [1.54, 1.807) is 24.4 Å². The number of rotatable bonds is 6. The third-order valence-corrected chi connectivity index (χ3v) is 6.98. The van der Waals surface area contributed by atoms with Crippen molar-refractivity contribution in [3.8, 4) is 5.69 Å². The second kappa shape index (κ2) is 9.65. The van der Waals surface area contributed by atoms with E-state index in [0.717, 1.165) is 16.5 Å². The van der Waals surface area contributed by atoms with Crippen molar-refractivity contribution >= 4 is 78.7 Å². The van der Waals surface area contributed by atoms with Crippen molar-refractivity contribution in [2.24, 2.45) is 5.73 Å². The molecular formula is C24H16BrClN6O2S. The summed E-state index contributed by atoms with van der Waals surface area (Å²) in [5, 5.41) is 5.59. The Morgan fingerprint density at radius 3 is 2.69 bits per heavy atom. The summed E-state index contributed by atoms with van der Waals surface area (Å²) < 4.78 is 2.45. The fourth-order valence-electron chi connectivity index (χ4n) is 3.64. The zero-order valence-electron chi connectivity index (χ0n) is 17.9. The zero-order chi connectivity index (χ0) is 24.5. The molecule has 0 radical (unpaired) electrons. The number of imidazole rings is 1. The molecule has 0 saturated heterocycles. The first kappa shape index (κ1) is 23.3. The number of nitrogens with zero attached hydrogens (tertiary/aromatic N) is 4. The molecule has 174 valence electrons. The largest absolute Gasteiger partial charge is 0.366 e. The van der Waals surface area contributed by atoms with Crippen LogP contribution in [0.4, 0.5) is 5.69 Å². The highest BCUT2D eigenvalue weighted by atomic mass is 79.9. The fraction of sp³-hybridized carbons (Fsp3) is 0.0417.